The molecule has 4 aliphatic rings. The van der Waals surface area contributed by atoms with Crippen molar-refractivity contribution in [2.24, 2.45) is 5.41 Å². The van der Waals surface area contributed by atoms with Gasteiger partial charge in [0.25, 0.3) is 0 Å². The number of esters is 3. The fraction of sp³-hybridized carbons (Fsp3) is 0.613. The fourth-order valence-corrected chi connectivity index (χ4v) is 6.39. The number of halogens is 3. The van der Waals surface area contributed by atoms with Crippen LogP contribution < -0.4 is 5.32 Å². The number of hydroxylamine groups is 2. The molecule has 0 spiro atoms. The summed E-state index contributed by atoms with van der Waals surface area (Å²) in [5, 5.41) is 14.2. The van der Waals surface area contributed by atoms with E-state index in [1.165, 1.54) is 11.1 Å². The lowest BCUT2D eigenvalue weighted by molar-refractivity contribution is -0.201. The quantitative estimate of drug-likeness (QED) is 0.201. The molecule has 0 aromatic heterocycles. The summed E-state index contributed by atoms with van der Waals surface area (Å²) in [4.78, 5) is 58.1. The number of rotatable bonds is 11. The van der Waals surface area contributed by atoms with Crippen LogP contribution in [0.1, 0.15) is 51.2 Å². The summed E-state index contributed by atoms with van der Waals surface area (Å²) in [6.45, 7) is 2.87. The number of amides is 1. The van der Waals surface area contributed by atoms with Gasteiger partial charge in [-0.05, 0) is 44.4 Å². The largest absolute Gasteiger partial charge is 0.460 e. The molecule has 3 heterocycles. The van der Waals surface area contributed by atoms with E-state index in [9.17, 15) is 37.5 Å². The van der Waals surface area contributed by atoms with E-state index in [0.29, 0.717) is 11.1 Å². The normalized spacial score (nSPS) is 29.3. The molecule has 0 radical (unpaired) electrons. The van der Waals surface area contributed by atoms with E-state index in [1.807, 2.05) is 0 Å². The molecule has 7 atom stereocenters. The van der Waals surface area contributed by atoms with Crippen LogP contribution in [0, 0.1) is 5.41 Å². The van der Waals surface area contributed by atoms with Gasteiger partial charge in [-0.3, -0.25) is 19.2 Å². The van der Waals surface area contributed by atoms with Crippen molar-refractivity contribution in [1.29, 1.82) is 0 Å². The number of nitrogens with zero attached hydrogens (tertiary/aromatic N) is 1. The molecule has 7 unspecified atom stereocenters. The maximum atomic E-state index is 14.2. The molecule has 1 aliphatic carbocycles. The molecule has 3 aliphatic heterocycles. The van der Waals surface area contributed by atoms with Gasteiger partial charge in [0.15, 0.2) is 12.6 Å². The highest BCUT2D eigenvalue weighted by molar-refractivity contribution is 5.94. The molecule has 1 saturated carbocycles. The molecular formula is C31H37F3N2O11. The number of nitrogens with one attached hydrogen (secondary N) is 1. The zero-order valence-corrected chi connectivity index (χ0v) is 26.0. The summed E-state index contributed by atoms with van der Waals surface area (Å²) in [7, 11) is 0. The second-order valence-corrected chi connectivity index (χ2v) is 12.9. The number of hydrogen-bond acceptors (Lipinski definition) is 12. The Kier molecular flexibility index (Phi) is 9.99. The average molecular weight is 671 g/mol. The number of carbonyl (C=O) groups excluding carboxylic acids is 4. The van der Waals surface area contributed by atoms with Crippen molar-refractivity contribution in [2.75, 3.05) is 20.0 Å². The zero-order valence-electron chi connectivity index (χ0n) is 26.0. The number of aliphatic hydroxyl groups is 1. The highest BCUT2D eigenvalue weighted by atomic mass is 19.4. The van der Waals surface area contributed by atoms with Gasteiger partial charge in [-0.25, -0.2) is 4.79 Å². The first-order chi connectivity index (χ1) is 22.1. The zero-order chi connectivity index (χ0) is 34.1. The van der Waals surface area contributed by atoms with Crippen LogP contribution in [0.25, 0.3) is 6.08 Å². The van der Waals surface area contributed by atoms with Crippen LogP contribution in [-0.2, 0) is 54.2 Å². The number of carbonyl (C=O) groups is 4. The average Bonchev–Trinajstić information content (AvgIpc) is 3.61. The third-order valence-electron chi connectivity index (χ3n) is 8.25. The van der Waals surface area contributed by atoms with Crippen LogP contribution in [0.4, 0.5) is 13.2 Å². The van der Waals surface area contributed by atoms with Crippen molar-refractivity contribution < 1.29 is 66.0 Å². The summed E-state index contributed by atoms with van der Waals surface area (Å²) >= 11 is 0. The van der Waals surface area contributed by atoms with Gasteiger partial charge in [-0.2, -0.15) is 18.2 Å². The Morgan fingerprint density at radius 3 is 2.64 bits per heavy atom. The predicted molar refractivity (Wildman–Crippen MR) is 152 cm³/mol. The highest BCUT2D eigenvalue weighted by Gasteiger charge is 2.74. The van der Waals surface area contributed by atoms with E-state index >= 15 is 0 Å². The minimum Gasteiger partial charge on any atom is -0.460 e. The monoisotopic (exact) mass is 670 g/mol. The molecule has 1 amide bonds. The maximum Gasteiger partial charge on any atom is 0.422 e. The molecule has 2 bridgehead atoms. The lowest BCUT2D eigenvalue weighted by Gasteiger charge is -2.49. The Morgan fingerprint density at radius 2 is 1.94 bits per heavy atom. The van der Waals surface area contributed by atoms with Gasteiger partial charge in [-0.1, -0.05) is 24.3 Å². The van der Waals surface area contributed by atoms with Gasteiger partial charge < -0.3 is 34.1 Å². The molecule has 13 nitrogen and oxygen atoms in total. The molecule has 2 N–H and O–H groups in total. The molecule has 4 fully saturated rings. The van der Waals surface area contributed by atoms with Crippen molar-refractivity contribution in [2.45, 2.75) is 94.9 Å². The van der Waals surface area contributed by atoms with Gasteiger partial charge >= 0.3 is 24.1 Å². The smallest absolute Gasteiger partial charge is 0.422 e. The van der Waals surface area contributed by atoms with Crippen molar-refractivity contribution in [3.8, 4) is 0 Å². The summed E-state index contributed by atoms with van der Waals surface area (Å²) in [6.07, 6.45) is -5.64. The maximum absolute atomic E-state index is 14.2. The molecular weight excluding hydrogens is 633 g/mol. The van der Waals surface area contributed by atoms with E-state index in [4.69, 9.17) is 23.8 Å². The Bertz CT molecular complexity index is 1400. The summed E-state index contributed by atoms with van der Waals surface area (Å²) < 4.78 is 63.8. The number of alkyl halides is 3. The van der Waals surface area contributed by atoms with Gasteiger partial charge in [-0.15, -0.1) is 0 Å². The second kappa shape index (κ2) is 13.5. The fourth-order valence-electron chi connectivity index (χ4n) is 6.39. The minimum atomic E-state index is -4.65. The van der Waals surface area contributed by atoms with E-state index in [-0.39, 0.29) is 32.6 Å². The van der Waals surface area contributed by atoms with Gasteiger partial charge in [0.1, 0.15) is 42.2 Å². The first-order valence-electron chi connectivity index (χ1n) is 15.1. The predicted octanol–water partition coefficient (Wildman–Crippen LogP) is 1.95. The third kappa shape index (κ3) is 7.78. The van der Waals surface area contributed by atoms with Gasteiger partial charge in [0.05, 0.1) is 19.2 Å². The van der Waals surface area contributed by atoms with Gasteiger partial charge in [0.2, 0.25) is 5.91 Å². The number of fused-ring (bicyclic) bond motifs is 4. The van der Waals surface area contributed by atoms with Crippen LogP contribution in [0.3, 0.4) is 0 Å². The van der Waals surface area contributed by atoms with E-state index < -0.39 is 90.7 Å². The lowest BCUT2D eigenvalue weighted by atomic mass is 9.62. The summed E-state index contributed by atoms with van der Waals surface area (Å²) in [5.74, 6) is -2.97. The van der Waals surface area contributed by atoms with Crippen molar-refractivity contribution in [3.63, 3.8) is 0 Å². The van der Waals surface area contributed by atoms with Crippen molar-refractivity contribution in [3.05, 3.63) is 41.5 Å². The first-order valence-corrected chi connectivity index (χ1v) is 15.1. The Labute approximate surface area is 268 Å². The summed E-state index contributed by atoms with van der Waals surface area (Å²) in [5.41, 5.74) is -1.18. The molecule has 5 rings (SSSR count). The summed E-state index contributed by atoms with van der Waals surface area (Å²) in [6, 6.07) is 4.51. The molecule has 47 heavy (non-hydrogen) atoms. The molecule has 1 aromatic rings. The molecule has 3 saturated heterocycles. The first kappa shape index (κ1) is 34.8. The molecule has 258 valence electrons. The van der Waals surface area contributed by atoms with Crippen LogP contribution in [-0.4, -0.2) is 102 Å². The van der Waals surface area contributed by atoms with E-state index in [1.54, 1.807) is 45.0 Å². The van der Waals surface area contributed by atoms with Crippen LogP contribution in [0.15, 0.2) is 30.3 Å². The van der Waals surface area contributed by atoms with E-state index in [0.717, 1.165) is 6.08 Å². The lowest BCUT2D eigenvalue weighted by Crippen LogP contribution is -2.70. The van der Waals surface area contributed by atoms with Crippen LogP contribution in [0.2, 0.25) is 0 Å². The Balaban J connectivity index is 1.35. The van der Waals surface area contributed by atoms with Crippen LogP contribution in [0.5, 0.6) is 0 Å². The number of aliphatic hydroxyl groups excluding tert-OH is 1. The van der Waals surface area contributed by atoms with E-state index in [2.05, 4.69) is 10.1 Å². The minimum absolute atomic E-state index is 0.0313. The topological polar surface area (TPSA) is 159 Å². The second-order valence-electron chi connectivity index (χ2n) is 12.9. The highest BCUT2D eigenvalue weighted by Crippen LogP contribution is 2.55. The van der Waals surface area contributed by atoms with Crippen LogP contribution >= 0.6 is 0 Å². The Morgan fingerprint density at radius 1 is 1.19 bits per heavy atom. The standard InChI is InChI=1S/C31H37F3N2O11/c1-29(2,3)46-22(39)10-8-19(14-37)35-28(41)30-12-20-23-24(44-16-43-23)26(30)47-36(25(30)27(40)45-20)13-18-6-4-5-17(11-18)7-9-21(38)42-15-31(32,33)34/h4-7,9,11,19-20,23-26,37H,8,10,12-16H2,1-3H3,(H,35,41). The molecule has 16 heteroatoms. The third-order valence-corrected chi connectivity index (χ3v) is 8.25. The number of ether oxygens (including phenoxy) is 5. The molecule has 1 aromatic carbocycles. The van der Waals surface area contributed by atoms with Gasteiger partial charge in [0, 0.05) is 18.9 Å². The van der Waals surface area contributed by atoms with Crippen molar-refractivity contribution in [1.82, 2.24) is 10.4 Å². The SMILES string of the molecule is CC(C)(C)OC(=O)CCC(CO)NC(=O)C12CC3OC(=O)C1N(Cc1cccc(C=CC(=O)OCC(F)(F)F)c1)OC2C1OCOC31. The number of benzene rings is 1. The van der Waals surface area contributed by atoms with Crippen molar-refractivity contribution >= 4 is 29.9 Å². The number of hydrogen-bond donors (Lipinski definition) is 2. The Hall–Kier alpha value is -3.57.